The highest BCUT2D eigenvalue weighted by Crippen LogP contribution is 2.19. The molecule has 36 heavy (non-hydrogen) atoms. The second kappa shape index (κ2) is 13.3. The molecule has 4 rings (SSSR count). The predicted molar refractivity (Wildman–Crippen MR) is 147 cm³/mol. The van der Waals surface area contributed by atoms with E-state index < -0.39 is 0 Å². The van der Waals surface area contributed by atoms with E-state index in [1.165, 1.54) is 11.1 Å². The summed E-state index contributed by atoms with van der Waals surface area (Å²) in [5.74, 6) is 1.99. The van der Waals surface area contributed by atoms with E-state index in [4.69, 9.17) is 9.72 Å². The Morgan fingerprint density at radius 2 is 1.69 bits per heavy atom. The van der Waals surface area contributed by atoms with E-state index in [2.05, 4.69) is 47.1 Å². The summed E-state index contributed by atoms with van der Waals surface area (Å²) < 4.78 is 8.26. The maximum Gasteiger partial charge on any atom is 0.243 e. The molecule has 1 aromatic heterocycles. The molecule has 1 heterocycles. The molecule has 0 fully saturated rings. The summed E-state index contributed by atoms with van der Waals surface area (Å²) in [7, 11) is 0. The van der Waals surface area contributed by atoms with Gasteiger partial charge in [0.1, 0.15) is 11.6 Å². The molecular formula is C31H35N3O2. The third kappa shape index (κ3) is 7.57. The standard InChI is InChI=1S/C31H35N3O2/c1-25-16-19-27(20-17-25)36-24-10-23-34-29-14-8-7-13-28(29)33-30(34)15-6-3-9-22-32-31(35)21-18-26-11-4-2-5-12-26/h2,4-5,7-8,11-14,16-21H,3,6,9-10,15,22-24H2,1H3,(H,32,35)/b21-18+. The molecule has 1 amide bonds. The molecule has 0 saturated heterocycles. The molecule has 3 aromatic carbocycles. The highest BCUT2D eigenvalue weighted by molar-refractivity contribution is 5.91. The van der Waals surface area contributed by atoms with Crippen LogP contribution in [0.15, 0.2) is 84.9 Å². The number of amides is 1. The average molecular weight is 482 g/mol. The van der Waals surface area contributed by atoms with Gasteiger partial charge in [0, 0.05) is 25.6 Å². The van der Waals surface area contributed by atoms with Gasteiger partial charge in [0.2, 0.25) is 5.91 Å². The zero-order valence-corrected chi connectivity index (χ0v) is 21.0. The average Bonchev–Trinajstić information content (AvgIpc) is 3.26. The Morgan fingerprint density at radius 1 is 0.917 bits per heavy atom. The number of carbonyl (C=O) groups is 1. The van der Waals surface area contributed by atoms with Gasteiger partial charge in [-0.25, -0.2) is 4.98 Å². The van der Waals surface area contributed by atoms with Crippen molar-refractivity contribution in [2.45, 2.75) is 45.6 Å². The van der Waals surface area contributed by atoms with Crippen LogP contribution in [0.4, 0.5) is 0 Å². The molecule has 0 saturated carbocycles. The SMILES string of the molecule is Cc1ccc(OCCCn2c(CCCCCNC(=O)/C=C/c3ccccc3)nc3ccccc32)cc1. The number of ether oxygens (including phenoxy) is 1. The lowest BCUT2D eigenvalue weighted by Gasteiger charge is -2.11. The van der Waals surface area contributed by atoms with Crippen molar-refractivity contribution in [2.24, 2.45) is 0 Å². The van der Waals surface area contributed by atoms with Gasteiger partial charge < -0.3 is 14.6 Å². The molecule has 1 N–H and O–H groups in total. The fraction of sp³-hybridized carbons (Fsp3) is 0.290. The summed E-state index contributed by atoms with van der Waals surface area (Å²) in [6.45, 7) is 4.32. The van der Waals surface area contributed by atoms with Crippen LogP contribution in [0.2, 0.25) is 0 Å². The Kier molecular flexibility index (Phi) is 9.32. The third-order valence-corrected chi connectivity index (χ3v) is 6.15. The number of hydrogen-bond acceptors (Lipinski definition) is 3. The van der Waals surface area contributed by atoms with Gasteiger partial charge in [0.05, 0.1) is 17.6 Å². The minimum atomic E-state index is -0.0477. The first-order chi connectivity index (χ1) is 17.7. The molecule has 0 radical (unpaired) electrons. The first-order valence-corrected chi connectivity index (χ1v) is 12.8. The second-order valence-corrected chi connectivity index (χ2v) is 9.03. The number of rotatable bonds is 13. The molecule has 0 aliphatic carbocycles. The van der Waals surface area contributed by atoms with E-state index in [1.54, 1.807) is 6.08 Å². The Hall–Kier alpha value is -3.86. The van der Waals surface area contributed by atoms with Crippen molar-refractivity contribution in [2.75, 3.05) is 13.2 Å². The molecule has 4 aromatic rings. The van der Waals surface area contributed by atoms with Gasteiger partial charge in [0.25, 0.3) is 0 Å². The zero-order valence-electron chi connectivity index (χ0n) is 21.0. The van der Waals surface area contributed by atoms with Crippen LogP contribution in [-0.2, 0) is 17.8 Å². The number of nitrogens with zero attached hydrogens (tertiary/aromatic N) is 2. The number of fused-ring (bicyclic) bond motifs is 1. The Bertz CT molecular complexity index is 1260. The van der Waals surface area contributed by atoms with Crippen molar-refractivity contribution < 1.29 is 9.53 Å². The number of nitrogens with one attached hydrogen (secondary N) is 1. The summed E-state index contributed by atoms with van der Waals surface area (Å²) in [5, 5.41) is 2.97. The minimum Gasteiger partial charge on any atom is -0.494 e. The summed E-state index contributed by atoms with van der Waals surface area (Å²) in [6, 6.07) is 26.4. The smallest absolute Gasteiger partial charge is 0.243 e. The largest absolute Gasteiger partial charge is 0.494 e. The van der Waals surface area contributed by atoms with Gasteiger partial charge in [-0.2, -0.15) is 0 Å². The summed E-state index contributed by atoms with van der Waals surface area (Å²) >= 11 is 0. The molecule has 5 nitrogen and oxygen atoms in total. The zero-order chi connectivity index (χ0) is 25.0. The van der Waals surface area contributed by atoms with E-state index in [-0.39, 0.29) is 5.91 Å². The van der Waals surface area contributed by atoms with Crippen molar-refractivity contribution >= 4 is 23.0 Å². The molecule has 186 valence electrons. The van der Waals surface area contributed by atoms with Crippen LogP contribution in [0.25, 0.3) is 17.1 Å². The highest BCUT2D eigenvalue weighted by Gasteiger charge is 2.10. The van der Waals surface area contributed by atoms with Crippen molar-refractivity contribution in [1.29, 1.82) is 0 Å². The van der Waals surface area contributed by atoms with Crippen LogP contribution in [0.1, 0.15) is 42.6 Å². The molecule has 0 spiro atoms. The lowest BCUT2D eigenvalue weighted by molar-refractivity contribution is -0.116. The molecule has 5 heteroatoms. The van der Waals surface area contributed by atoms with Crippen LogP contribution in [0.5, 0.6) is 5.75 Å². The lowest BCUT2D eigenvalue weighted by atomic mass is 10.2. The van der Waals surface area contributed by atoms with Gasteiger partial charge in [-0.1, -0.05) is 66.6 Å². The van der Waals surface area contributed by atoms with Crippen LogP contribution in [-0.4, -0.2) is 28.6 Å². The fourth-order valence-electron chi connectivity index (χ4n) is 4.20. The summed E-state index contributed by atoms with van der Waals surface area (Å²) in [6.07, 6.45) is 8.32. The van der Waals surface area contributed by atoms with Crippen molar-refractivity contribution in [3.63, 3.8) is 0 Å². The quantitative estimate of drug-likeness (QED) is 0.179. The highest BCUT2D eigenvalue weighted by atomic mass is 16.5. The van der Waals surface area contributed by atoms with Gasteiger partial charge in [-0.3, -0.25) is 4.79 Å². The Morgan fingerprint density at radius 3 is 2.53 bits per heavy atom. The Labute approximate surface area is 213 Å². The van der Waals surface area contributed by atoms with Crippen LogP contribution in [0.3, 0.4) is 0 Å². The number of aryl methyl sites for hydroxylation is 3. The molecule has 0 bridgehead atoms. The normalized spacial score (nSPS) is 11.2. The maximum absolute atomic E-state index is 12.0. The molecule has 0 unspecified atom stereocenters. The molecule has 0 atom stereocenters. The van der Waals surface area contributed by atoms with Crippen molar-refractivity contribution in [3.05, 3.63) is 102 Å². The number of para-hydroxylation sites is 2. The number of unbranched alkanes of at least 4 members (excludes halogenated alkanes) is 2. The number of aromatic nitrogens is 2. The maximum atomic E-state index is 12.0. The second-order valence-electron chi connectivity index (χ2n) is 9.03. The van der Waals surface area contributed by atoms with E-state index in [1.807, 2.05) is 54.6 Å². The lowest BCUT2D eigenvalue weighted by Crippen LogP contribution is -2.22. The first kappa shape index (κ1) is 25.2. The van der Waals surface area contributed by atoms with E-state index in [0.29, 0.717) is 13.2 Å². The topological polar surface area (TPSA) is 56.1 Å². The summed E-state index contributed by atoms with van der Waals surface area (Å²) in [4.78, 5) is 16.9. The van der Waals surface area contributed by atoms with Crippen molar-refractivity contribution in [3.8, 4) is 5.75 Å². The number of imidazole rings is 1. The third-order valence-electron chi connectivity index (χ3n) is 6.15. The monoisotopic (exact) mass is 481 g/mol. The first-order valence-electron chi connectivity index (χ1n) is 12.8. The van der Waals surface area contributed by atoms with Gasteiger partial charge in [-0.05, 0) is 62.1 Å². The van der Waals surface area contributed by atoms with Crippen LogP contribution < -0.4 is 10.1 Å². The number of hydrogen-bond donors (Lipinski definition) is 1. The molecular weight excluding hydrogens is 446 g/mol. The van der Waals surface area contributed by atoms with Gasteiger partial charge in [0.15, 0.2) is 0 Å². The number of carbonyl (C=O) groups excluding carboxylic acids is 1. The molecule has 0 aliphatic heterocycles. The number of benzene rings is 3. The Balaban J connectivity index is 1.21. The van der Waals surface area contributed by atoms with E-state index in [0.717, 1.165) is 61.3 Å². The van der Waals surface area contributed by atoms with Crippen LogP contribution >= 0.6 is 0 Å². The predicted octanol–water partition coefficient (Wildman–Crippen LogP) is 6.36. The summed E-state index contributed by atoms with van der Waals surface area (Å²) in [5.41, 5.74) is 4.49. The van der Waals surface area contributed by atoms with Gasteiger partial charge >= 0.3 is 0 Å². The fourth-order valence-corrected chi connectivity index (χ4v) is 4.20. The molecule has 0 aliphatic rings. The van der Waals surface area contributed by atoms with Crippen molar-refractivity contribution in [1.82, 2.24) is 14.9 Å². The van der Waals surface area contributed by atoms with E-state index >= 15 is 0 Å². The van der Waals surface area contributed by atoms with E-state index in [9.17, 15) is 4.79 Å². The van der Waals surface area contributed by atoms with Crippen LogP contribution in [0, 0.1) is 6.92 Å². The minimum absolute atomic E-state index is 0.0477. The van der Waals surface area contributed by atoms with Gasteiger partial charge in [-0.15, -0.1) is 0 Å².